The zero-order chi connectivity index (χ0) is 30.4. The van der Waals surface area contributed by atoms with Crippen molar-refractivity contribution in [1.29, 1.82) is 0 Å². The summed E-state index contributed by atoms with van der Waals surface area (Å²) >= 11 is 13.2. The lowest BCUT2D eigenvalue weighted by atomic mass is 10.1. The largest absolute Gasteiger partial charge is 0.487 e. The Balaban J connectivity index is 1.40. The molecule has 0 unspecified atom stereocenters. The maximum absolute atomic E-state index is 12.9. The summed E-state index contributed by atoms with van der Waals surface area (Å²) in [6.45, 7) is 3.77. The van der Waals surface area contributed by atoms with Gasteiger partial charge in [0.15, 0.2) is 0 Å². The van der Waals surface area contributed by atoms with Crippen LogP contribution in [0, 0.1) is 13.8 Å². The van der Waals surface area contributed by atoms with E-state index < -0.39 is 5.91 Å². The van der Waals surface area contributed by atoms with Gasteiger partial charge in [0.25, 0.3) is 5.91 Å². The summed E-state index contributed by atoms with van der Waals surface area (Å²) in [5.74, 6) is -0.428. The summed E-state index contributed by atoms with van der Waals surface area (Å²) in [5.41, 5.74) is 4.91. The van der Waals surface area contributed by atoms with Crippen LogP contribution >= 0.6 is 23.2 Å². The highest BCUT2D eigenvalue weighted by atomic mass is 35.5. The topological polar surface area (TPSA) is 101 Å². The Bertz CT molecular complexity index is 1690. The summed E-state index contributed by atoms with van der Waals surface area (Å²) in [6, 6.07) is 17.8. The summed E-state index contributed by atoms with van der Waals surface area (Å²) in [7, 11) is 3.12. The van der Waals surface area contributed by atoms with E-state index in [1.807, 2.05) is 38.1 Å². The standard InChI is InChI=1S/C32H30Cl2N4O4/c1-19-16-20(2)37-31-23(19)6-5-7-27(31)42-18-24-25(33)13-14-26(30(24)34)38(4)29(40)17-36-28(39)15-10-21-8-11-22(12-9-21)32(41)35-3/h5-16H,17-18H2,1-4H3,(H,35,41)(H,36,39). The first kappa shape index (κ1) is 30.6. The number of amides is 3. The fraction of sp³-hybridized carbons (Fsp3) is 0.188. The average Bonchev–Trinajstić information content (AvgIpc) is 2.98. The fourth-order valence-electron chi connectivity index (χ4n) is 4.34. The van der Waals surface area contributed by atoms with Gasteiger partial charge in [-0.1, -0.05) is 47.5 Å². The van der Waals surface area contributed by atoms with E-state index in [1.54, 1.807) is 56.6 Å². The number of hydrogen-bond acceptors (Lipinski definition) is 5. The molecular weight excluding hydrogens is 575 g/mol. The number of carbonyl (C=O) groups is 3. The van der Waals surface area contributed by atoms with Crippen LogP contribution in [-0.4, -0.2) is 43.3 Å². The number of halogens is 2. The minimum absolute atomic E-state index is 0.0624. The highest BCUT2D eigenvalue weighted by molar-refractivity contribution is 6.38. The maximum atomic E-state index is 12.9. The van der Waals surface area contributed by atoms with Crippen molar-refractivity contribution in [3.63, 3.8) is 0 Å². The van der Waals surface area contributed by atoms with Crippen LogP contribution in [0.2, 0.25) is 10.0 Å². The Hall–Kier alpha value is -4.40. The molecule has 0 saturated heterocycles. The summed E-state index contributed by atoms with van der Waals surface area (Å²) in [5, 5.41) is 6.78. The van der Waals surface area contributed by atoms with E-state index in [1.165, 1.54) is 11.0 Å². The van der Waals surface area contributed by atoms with Crippen LogP contribution in [0.5, 0.6) is 5.75 Å². The first-order chi connectivity index (χ1) is 20.1. The molecule has 0 saturated carbocycles. The van der Waals surface area contributed by atoms with Crippen LogP contribution in [0.25, 0.3) is 17.0 Å². The molecule has 0 aliphatic rings. The van der Waals surface area contributed by atoms with E-state index in [9.17, 15) is 14.4 Å². The van der Waals surface area contributed by atoms with E-state index in [-0.39, 0.29) is 30.0 Å². The zero-order valence-corrected chi connectivity index (χ0v) is 25.1. The normalized spacial score (nSPS) is 11.0. The van der Waals surface area contributed by atoms with Crippen molar-refractivity contribution in [3.05, 3.63) is 105 Å². The maximum Gasteiger partial charge on any atom is 0.251 e. The molecule has 0 fully saturated rings. The van der Waals surface area contributed by atoms with Gasteiger partial charge < -0.3 is 20.3 Å². The van der Waals surface area contributed by atoms with Crippen molar-refractivity contribution in [2.24, 2.45) is 0 Å². The van der Waals surface area contributed by atoms with Gasteiger partial charge in [0, 0.05) is 47.4 Å². The molecule has 10 heteroatoms. The van der Waals surface area contributed by atoms with Crippen LogP contribution in [0.3, 0.4) is 0 Å². The molecule has 3 aromatic carbocycles. The molecule has 0 spiro atoms. The lowest BCUT2D eigenvalue weighted by Gasteiger charge is -2.21. The summed E-state index contributed by atoms with van der Waals surface area (Å²) in [4.78, 5) is 42.9. The number of aryl methyl sites for hydroxylation is 2. The average molecular weight is 606 g/mol. The Morgan fingerprint density at radius 2 is 1.76 bits per heavy atom. The van der Waals surface area contributed by atoms with Crippen LogP contribution in [0.1, 0.15) is 32.7 Å². The number of para-hydroxylation sites is 1. The van der Waals surface area contributed by atoms with Gasteiger partial charge in [-0.25, -0.2) is 4.98 Å². The zero-order valence-electron chi connectivity index (χ0n) is 23.6. The van der Waals surface area contributed by atoms with Crippen molar-refractivity contribution < 1.29 is 19.1 Å². The number of aromatic nitrogens is 1. The molecule has 4 aromatic rings. The number of pyridine rings is 1. The number of hydrogen-bond donors (Lipinski definition) is 2. The number of anilines is 1. The molecule has 0 radical (unpaired) electrons. The number of ether oxygens (including phenoxy) is 1. The fourth-order valence-corrected chi connectivity index (χ4v) is 4.94. The molecule has 0 aliphatic carbocycles. The molecule has 8 nitrogen and oxygen atoms in total. The number of rotatable bonds is 9. The number of carbonyl (C=O) groups excluding carboxylic acids is 3. The lowest BCUT2D eigenvalue weighted by Crippen LogP contribution is -2.37. The minimum atomic E-state index is -0.447. The van der Waals surface area contributed by atoms with Gasteiger partial charge >= 0.3 is 0 Å². The van der Waals surface area contributed by atoms with Crippen LogP contribution in [0.4, 0.5) is 5.69 Å². The first-order valence-electron chi connectivity index (χ1n) is 13.1. The molecule has 0 aliphatic heterocycles. The van der Waals surface area contributed by atoms with Gasteiger partial charge in [-0.05, 0) is 67.4 Å². The number of likely N-dealkylation sites (N-methyl/N-ethyl adjacent to an activating group) is 1. The van der Waals surface area contributed by atoms with Gasteiger partial charge in [0.05, 0.1) is 17.3 Å². The first-order valence-corrected chi connectivity index (χ1v) is 13.9. The highest BCUT2D eigenvalue weighted by Crippen LogP contribution is 2.35. The van der Waals surface area contributed by atoms with E-state index in [0.29, 0.717) is 27.6 Å². The molecule has 1 aromatic heterocycles. The van der Waals surface area contributed by atoms with Gasteiger partial charge in [-0.2, -0.15) is 0 Å². The monoisotopic (exact) mass is 604 g/mol. The van der Waals surface area contributed by atoms with Crippen LogP contribution in [-0.2, 0) is 16.2 Å². The molecule has 1 heterocycles. The van der Waals surface area contributed by atoms with Gasteiger partial charge in [-0.15, -0.1) is 0 Å². The molecule has 0 bridgehead atoms. The Labute approximate surface area is 254 Å². The summed E-state index contributed by atoms with van der Waals surface area (Å²) < 4.78 is 6.12. The molecule has 2 N–H and O–H groups in total. The number of nitrogens with one attached hydrogen (secondary N) is 2. The molecule has 216 valence electrons. The van der Waals surface area contributed by atoms with E-state index >= 15 is 0 Å². The Morgan fingerprint density at radius 1 is 1.02 bits per heavy atom. The molecular formula is C32H30Cl2N4O4. The number of benzene rings is 3. The smallest absolute Gasteiger partial charge is 0.251 e. The van der Waals surface area contributed by atoms with Crippen molar-refractivity contribution in [3.8, 4) is 5.75 Å². The second-order valence-electron chi connectivity index (χ2n) is 9.59. The third kappa shape index (κ3) is 7.08. The predicted molar refractivity (Wildman–Crippen MR) is 167 cm³/mol. The van der Waals surface area contributed by atoms with Crippen LogP contribution in [0.15, 0.2) is 66.7 Å². The number of nitrogens with zero attached hydrogens (tertiary/aromatic N) is 2. The second-order valence-corrected chi connectivity index (χ2v) is 10.4. The SMILES string of the molecule is CNC(=O)c1ccc(C=CC(=O)NCC(=O)N(C)c2ccc(Cl)c(COc3cccc4c(C)cc(C)nc34)c2Cl)cc1. The molecule has 3 amide bonds. The van der Waals surface area contributed by atoms with Gasteiger partial charge in [0.1, 0.15) is 17.9 Å². The Morgan fingerprint density at radius 3 is 2.48 bits per heavy atom. The molecule has 0 atom stereocenters. The minimum Gasteiger partial charge on any atom is -0.487 e. The van der Waals surface area contributed by atoms with Crippen molar-refractivity contribution in [1.82, 2.24) is 15.6 Å². The van der Waals surface area contributed by atoms with Crippen molar-refractivity contribution >= 4 is 63.6 Å². The van der Waals surface area contributed by atoms with E-state index in [2.05, 4.69) is 15.6 Å². The van der Waals surface area contributed by atoms with Gasteiger partial charge in [-0.3, -0.25) is 14.4 Å². The van der Waals surface area contributed by atoms with Gasteiger partial charge in [0.2, 0.25) is 11.8 Å². The number of fused-ring (bicyclic) bond motifs is 1. The Kier molecular flexibility index (Phi) is 9.83. The highest BCUT2D eigenvalue weighted by Gasteiger charge is 2.19. The lowest BCUT2D eigenvalue weighted by molar-refractivity contribution is -0.122. The molecule has 42 heavy (non-hydrogen) atoms. The summed E-state index contributed by atoms with van der Waals surface area (Å²) in [6.07, 6.45) is 2.91. The molecule has 4 rings (SSSR count). The predicted octanol–water partition coefficient (Wildman–Crippen LogP) is 5.89. The van der Waals surface area contributed by atoms with Crippen molar-refractivity contribution in [2.75, 3.05) is 25.5 Å². The van der Waals surface area contributed by atoms with E-state index in [4.69, 9.17) is 27.9 Å². The third-order valence-corrected chi connectivity index (χ3v) is 7.43. The van der Waals surface area contributed by atoms with E-state index in [0.717, 1.165) is 27.7 Å². The van der Waals surface area contributed by atoms with Crippen LogP contribution < -0.4 is 20.3 Å². The van der Waals surface area contributed by atoms with Crippen molar-refractivity contribution in [2.45, 2.75) is 20.5 Å². The quantitative estimate of drug-likeness (QED) is 0.232. The third-order valence-electron chi connectivity index (χ3n) is 6.65. The second kappa shape index (κ2) is 13.5.